The maximum absolute atomic E-state index is 14.5. The maximum Gasteiger partial charge on any atom is 0.245 e. The summed E-state index contributed by atoms with van der Waals surface area (Å²) >= 11 is 0. The Kier molecular flexibility index (Phi) is 15.9. The first-order valence-corrected chi connectivity index (χ1v) is 22.0. The molecule has 2 fully saturated rings. The average molecular weight is 815 g/mol. The fourth-order valence-corrected chi connectivity index (χ4v) is 9.36. The Morgan fingerprint density at radius 2 is 1.27 bits per heavy atom. The van der Waals surface area contributed by atoms with Crippen LogP contribution in [0.5, 0.6) is 0 Å². The molecule has 2 aromatic rings. The number of carbonyl (C=O) groups is 5. The normalized spacial score (nSPS) is 23.3. The predicted octanol–water partition coefficient (Wildman–Crippen LogP) is 3.12. The van der Waals surface area contributed by atoms with E-state index in [1.165, 1.54) is 16.7 Å². The minimum Gasteiger partial charge on any atom is -0.347 e. The molecule has 8 atom stereocenters. The monoisotopic (exact) mass is 815 g/mol. The third-order valence-corrected chi connectivity index (χ3v) is 12.9. The molecule has 2 aliphatic carbocycles. The number of aryl methyl sites for hydroxylation is 2. The van der Waals surface area contributed by atoms with Crippen LogP contribution in [0.4, 0.5) is 0 Å². The Hall–Kier alpha value is -4.37. The van der Waals surface area contributed by atoms with Gasteiger partial charge in [-0.05, 0) is 127 Å². The number of amides is 5. The van der Waals surface area contributed by atoms with Crippen LogP contribution >= 0.6 is 0 Å². The second-order valence-electron chi connectivity index (χ2n) is 16.7. The van der Waals surface area contributed by atoms with Crippen molar-refractivity contribution in [3.63, 3.8) is 0 Å². The van der Waals surface area contributed by atoms with Crippen molar-refractivity contribution in [1.82, 2.24) is 41.9 Å². The van der Waals surface area contributed by atoms with Crippen LogP contribution in [-0.4, -0.2) is 109 Å². The van der Waals surface area contributed by atoms with Gasteiger partial charge in [0.2, 0.25) is 29.5 Å². The molecule has 59 heavy (non-hydrogen) atoms. The molecule has 2 saturated heterocycles. The molecule has 0 bridgehead atoms. The summed E-state index contributed by atoms with van der Waals surface area (Å²) in [5, 5.41) is 15.1. The molecule has 2 heterocycles. The van der Waals surface area contributed by atoms with Crippen molar-refractivity contribution in [3.8, 4) is 0 Å². The van der Waals surface area contributed by atoms with Crippen LogP contribution in [0.15, 0.2) is 48.5 Å². The lowest BCUT2D eigenvalue weighted by Crippen LogP contribution is -2.57. The van der Waals surface area contributed by atoms with E-state index in [-0.39, 0.29) is 60.5 Å². The lowest BCUT2D eigenvalue weighted by atomic mass is 9.87. The Labute approximate surface area is 349 Å². The number of carbonyl (C=O) groups excluding carboxylic acids is 5. The summed E-state index contributed by atoms with van der Waals surface area (Å²) in [5.41, 5.74) is 8.19. The minimum absolute atomic E-state index is 0.0747. The molecule has 0 unspecified atom stereocenters. The molecule has 0 radical (unpaired) electrons. The van der Waals surface area contributed by atoms with E-state index in [4.69, 9.17) is 4.84 Å². The van der Waals surface area contributed by atoms with E-state index >= 15 is 0 Å². The number of fused-ring (bicyclic) bond motifs is 2. The van der Waals surface area contributed by atoms with Gasteiger partial charge in [0.05, 0.1) is 36.8 Å². The zero-order valence-corrected chi connectivity index (χ0v) is 35.4. The van der Waals surface area contributed by atoms with Gasteiger partial charge in [-0.2, -0.15) is 5.48 Å². The highest BCUT2D eigenvalue weighted by Gasteiger charge is 2.41. The van der Waals surface area contributed by atoms with Crippen LogP contribution in [0, 0.1) is 0 Å². The van der Waals surface area contributed by atoms with Crippen LogP contribution in [0.3, 0.4) is 0 Å². The molecule has 0 spiro atoms. The van der Waals surface area contributed by atoms with Gasteiger partial charge in [-0.15, -0.1) is 0 Å². The van der Waals surface area contributed by atoms with Gasteiger partial charge in [0.25, 0.3) is 0 Å². The van der Waals surface area contributed by atoms with Gasteiger partial charge in [0, 0.05) is 13.1 Å². The Morgan fingerprint density at radius 1 is 0.695 bits per heavy atom. The van der Waals surface area contributed by atoms with Gasteiger partial charge >= 0.3 is 0 Å². The molecule has 5 amide bonds. The highest BCUT2D eigenvalue weighted by Crippen LogP contribution is 2.32. The molecule has 0 saturated carbocycles. The Balaban J connectivity index is 1.15. The number of likely N-dealkylation sites (tertiary alicyclic amines) is 2. The van der Waals surface area contributed by atoms with Crippen molar-refractivity contribution in [3.05, 3.63) is 70.8 Å². The van der Waals surface area contributed by atoms with Crippen molar-refractivity contribution in [2.45, 2.75) is 146 Å². The molecule has 6 rings (SSSR count). The van der Waals surface area contributed by atoms with Crippen molar-refractivity contribution in [2.75, 3.05) is 33.8 Å². The van der Waals surface area contributed by atoms with Gasteiger partial charge in [-0.1, -0.05) is 55.5 Å². The van der Waals surface area contributed by atoms with E-state index in [0.717, 1.165) is 56.9 Å². The quantitative estimate of drug-likeness (QED) is 0.124. The summed E-state index contributed by atoms with van der Waals surface area (Å²) < 4.78 is 0. The van der Waals surface area contributed by atoms with Crippen LogP contribution < -0.4 is 32.1 Å². The zero-order valence-electron chi connectivity index (χ0n) is 35.4. The first-order chi connectivity index (χ1) is 28.6. The number of hydroxylamine groups is 1. The van der Waals surface area contributed by atoms with E-state index in [1.54, 1.807) is 30.8 Å². The number of hydrogen-bond donors (Lipinski definition) is 6. The Bertz CT molecular complexity index is 1770. The van der Waals surface area contributed by atoms with Crippen LogP contribution in [0.2, 0.25) is 0 Å². The number of rotatable bonds is 18. The maximum atomic E-state index is 14.5. The van der Waals surface area contributed by atoms with Gasteiger partial charge in [0.15, 0.2) is 0 Å². The highest BCUT2D eigenvalue weighted by molar-refractivity contribution is 5.94. The van der Waals surface area contributed by atoms with Crippen molar-refractivity contribution < 1.29 is 28.8 Å². The number of benzene rings is 2. The first-order valence-electron chi connectivity index (χ1n) is 22.0. The number of nitrogens with zero attached hydrogens (tertiary/aromatic N) is 2. The van der Waals surface area contributed by atoms with E-state index in [2.05, 4.69) is 62.4 Å². The Morgan fingerprint density at radius 3 is 1.92 bits per heavy atom. The van der Waals surface area contributed by atoms with Gasteiger partial charge in [-0.3, -0.25) is 28.8 Å². The highest BCUT2D eigenvalue weighted by atomic mass is 16.6. The summed E-state index contributed by atoms with van der Waals surface area (Å²) in [4.78, 5) is 79.4. The fraction of sp³-hybridized carbons (Fsp3) is 0.622. The molecule has 2 aliphatic heterocycles. The van der Waals surface area contributed by atoms with E-state index in [9.17, 15) is 24.0 Å². The molecular weight excluding hydrogens is 749 g/mol. The number of likely N-dealkylation sites (N-methyl/N-ethyl adjacent to an activating group) is 2. The zero-order chi connectivity index (χ0) is 41.9. The second-order valence-corrected chi connectivity index (χ2v) is 16.7. The van der Waals surface area contributed by atoms with Crippen LogP contribution in [0.1, 0.15) is 119 Å². The molecule has 0 aromatic heterocycles. The summed E-state index contributed by atoms with van der Waals surface area (Å²) in [6.07, 6.45) is 9.25. The molecule has 4 aliphatic rings. The first kappa shape index (κ1) is 44.2. The lowest BCUT2D eigenvalue weighted by molar-refractivity contribution is -0.142. The molecule has 14 heteroatoms. The molecule has 6 N–H and O–H groups in total. The van der Waals surface area contributed by atoms with Gasteiger partial charge < -0.3 is 36.4 Å². The summed E-state index contributed by atoms with van der Waals surface area (Å²) in [6, 6.07) is 12.6. The molecule has 2 aromatic carbocycles. The smallest absolute Gasteiger partial charge is 0.245 e. The van der Waals surface area contributed by atoms with E-state index in [0.29, 0.717) is 39.0 Å². The summed E-state index contributed by atoms with van der Waals surface area (Å²) in [7, 11) is 3.38. The minimum atomic E-state index is -1.03. The van der Waals surface area contributed by atoms with Crippen LogP contribution in [0.25, 0.3) is 0 Å². The predicted molar refractivity (Wildman–Crippen MR) is 226 cm³/mol. The third-order valence-electron chi connectivity index (χ3n) is 12.9. The topological polar surface area (TPSA) is 173 Å². The fourth-order valence-electron chi connectivity index (χ4n) is 9.36. The number of hydrogen-bond acceptors (Lipinski definition) is 9. The average Bonchev–Trinajstić information content (AvgIpc) is 3.95. The molecule has 322 valence electrons. The molecular formula is C45H66N8O6. The molecule has 14 nitrogen and oxygen atoms in total. The summed E-state index contributed by atoms with van der Waals surface area (Å²) in [6.45, 7) is 4.79. The van der Waals surface area contributed by atoms with Crippen molar-refractivity contribution >= 4 is 29.5 Å². The standard InChI is InChI=1S/C45H66N8O6/c1-5-35(47-4)42(55)50-38(44(57)52-26-12-18-32(52)28-59-51-37-22-11-17-31-15-7-9-20-34(31)37)24-25-39(49-41(54)29(2)46-3)45(58)53-27-13-23-40(53)43(56)48-36-21-10-16-30-14-6-8-19-33(30)36/h6-9,14-15,19-20,29,32,35-40,46-47,51H,5,10-13,16-18,21-28H2,1-4H3,(H,48,56)(H,49,54)(H,50,55)/t29-,32-,35-,36+,37+,38-,39-,40-/m0/s1. The van der Waals surface area contributed by atoms with E-state index < -0.39 is 30.2 Å². The SMILES string of the molecule is CC[C@H](NC)C(=O)N[C@@H](CC[C@H](NC(=O)[C@H](C)NC)C(=O)N1CCC[C@H]1C(=O)N[C@@H]1CCCc2ccccc21)C(=O)N1CCC[C@H]1CON[C@@H]1CCCc2ccccc21. The lowest BCUT2D eigenvalue weighted by Gasteiger charge is -2.33. The summed E-state index contributed by atoms with van der Waals surface area (Å²) in [5.74, 6) is -1.50. The van der Waals surface area contributed by atoms with Crippen LogP contribution in [-0.2, 0) is 41.7 Å². The van der Waals surface area contributed by atoms with Crippen molar-refractivity contribution in [2.24, 2.45) is 0 Å². The van der Waals surface area contributed by atoms with E-state index in [1.807, 2.05) is 25.1 Å². The number of nitrogens with one attached hydrogen (secondary N) is 6. The van der Waals surface area contributed by atoms with Gasteiger partial charge in [0.1, 0.15) is 18.1 Å². The second kappa shape index (κ2) is 21.2. The van der Waals surface area contributed by atoms with Crippen molar-refractivity contribution in [1.29, 1.82) is 0 Å². The largest absolute Gasteiger partial charge is 0.347 e. The third kappa shape index (κ3) is 10.9. The van der Waals surface area contributed by atoms with Gasteiger partial charge in [-0.25, -0.2) is 0 Å².